The number of halogens is 2. The fraction of sp³-hybridized carbons (Fsp3) is 0.143. The summed E-state index contributed by atoms with van der Waals surface area (Å²) in [7, 11) is -3.99. The number of amides is 1. The molecule has 1 aromatic heterocycles. The molecule has 1 amide bonds. The van der Waals surface area contributed by atoms with Crippen LogP contribution in [-0.2, 0) is 21.4 Å². The Bertz CT molecular complexity index is 1570. The molecule has 1 N–H and O–H groups in total. The van der Waals surface area contributed by atoms with E-state index in [4.69, 9.17) is 23.2 Å². The lowest BCUT2D eigenvalue weighted by atomic mass is 10.2. The van der Waals surface area contributed by atoms with Crippen molar-refractivity contribution >= 4 is 45.3 Å². The molecular formula is C28H26Cl2N4O3S. The molecule has 4 rings (SSSR count). The molecule has 0 aliphatic heterocycles. The van der Waals surface area contributed by atoms with Gasteiger partial charge in [-0.3, -0.25) is 4.79 Å². The Kier molecular flexibility index (Phi) is 8.69. The number of carbonyl (C=O) groups is 1. The summed E-state index contributed by atoms with van der Waals surface area (Å²) >= 11 is 12.3. The molecule has 4 aromatic rings. The summed E-state index contributed by atoms with van der Waals surface area (Å²) in [6, 6.07) is 24.4. The molecule has 0 radical (unpaired) electrons. The van der Waals surface area contributed by atoms with Gasteiger partial charge in [-0.05, 0) is 61.9 Å². The maximum Gasteiger partial charge on any atom is 0.255 e. The van der Waals surface area contributed by atoms with E-state index >= 15 is 0 Å². The summed E-state index contributed by atoms with van der Waals surface area (Å²) < 4.78 is 29.9. The van der Waals surface area contributed by atoms with Gasteiger partial charge in [0.2, 0.25) is 10.0 Å². The van der Waals surface area contributed by atoms with E-state index in [-0.39, 0.29) is 11.4 Å². The Morgan fingerprint density at radius 1 is 0.974 bits per heavy atom. The summed E-state index contributed by atoms with van der Waals surface area (Å²) in [5, 5.41) is 5.12. The third-order valence-electron chi connectivity index (χ3n) is 5.93. The van der Waals surface area contributed by atoms with Crippen molar-refractivity contribution < 1.29 is 13.2 Å². The first-order valence-electron chi connectivity index (χ1n) is 11.7. The molecule has 196 valence electrons. The molecular weight excluding hydrogens is 543 g/mol. The zero-order valence-corrected chi connectivity index (χ0v) is 23.1. The summed E-state index contributed by atoms with van der Waals surface area (Å²) in [5.41, 5.74) is 6.68. The molecule has 0 unspecified atom stereocenters. The predicted octanol–water partition coefficient (Wildman–Crippen LogP) is 5.74. The van der Waals surface area contributed by atoms with E-state index in [1.165, 1.54) is 30.5 Å². The van der Waals surface area contributed by atoms with Crippen LogP contribution in [-0.4, -0.2) is 36.0 Å². The zero-order chi connectivity index (χ0) is 27.3. The predicted molar refractivity (Wildman–Crippen MR) is 151 cm³/mol. The van der Waals surface area contributed by atoms with Gasteiger partial charge in [-0.2, -0.15) is 9.41 Å². The first-order valence-corrected chi connectivity index (χ1v) is 13.9. The van der Waals surface area contributed by atoms with Crippen LogP contribution in [0.1, 0.15) is 22.5 Å². The van der Waals surface area contributed by atoms with Crippen LogP contribution < -0.4 is 5.43 Å². The Morgan fingerprint density at radius 2 is 1.63 bits per heavy atom. The molecule has 0 atom stereocenters. The highest BCUT2D eigenvalue weighted by molar-refractivity contribution is 7.89. The fourth-order valence-corrected chi connectivity index (χ4v) is 5.79. The van der Waals surface area contributed by atoms with Crippen molar-refractivity contribution in [2.45, 2.75) is 25.3 Å². The average molecular weight is 570 g/mol. The van der Waals surface area contributed by atoms with Crippen molar-refractivity contribution in [3.63, 3.8) is 0 Å². The number of carbonyl (C=O) groups excluding carboxylic acids is 1. The molecule has 3 aromatic carbocycles. The smallest absolute Gasteiger partial charge is 0.255 e. The van der Waals surface area contributed by atoms with Gasteiger partial charge >= 0.3 is 0 Å². The van der Waals surface area contributed by atoms with Crippen molar-refractivity contribution in [2.75, 3.05) is 6.54 Å². The van der Waals surface area contributed by atoms with Crippen molar-refractivity contribution in [1.29, 1.82) is 0 Å². The number of benzene rings is 3. The minimum Gasteiger partial charge on any atom is -0.316 e. The first kappa shape index (κ1) is 27.6. The van der Waals surface area contributed by atoms with Crippen molar-refractivity contribution in [2.24, 2.45) is 5.10 Å². The van der Waals surface area contributed by atoms with E-state index in [2.05, 4.69) is 10.5 Å². The summed E-state index contributed by atoms with van der Waals surface area (Å²) in [4.78, 5) is 12.9. The Labute approximate surface area is 232 Å². The van der Waals surface area contributed by atoms with Crippen LogP contribution in [0.4, 0.5) is 0 Å². The highest BCUT2D eigenvalue weighted by Gasteiger charge is 2.27. The molecule has 7 nitrogen and oxygen atoms in total. The van der Waals surface area contributed by atoms with Gasteiger partial charge in [-0.1, -0.05) is 65.7 Å². The van der Waals surface area contributed by atoms with Crippen molar-refractivity contribution in [1.82, 2.24) is 14.3 Å². The lowest BCUT2D eigenvalue weighted by Gasteiger charge is -2.21. The highest BCUT2D eigenvalue weighted by Crippen LogP contribution is 2.26. The monoisotopic (exact) mass is 568 g/mol. The number of rotatable bonds is 9. The van der Waals surface area contributed by atoms with Crippen LogP contribution in [0.3, 0.4) is 0 Å². The second-order valence-corrected chi connectivity index (χ2v) is 11.4. The second kappa shape index (κ2) is 12.0. The molecule has 0 fully saturated rings. The van der Waals surface area contributed by atoms with E-state index in [0.29, 0.717) is 10.0 Å². The number of hydrogen-bond donors (Lipinski definition) is 1. The zero-order valence-electron chi connectivity index (χ0n) is 20.8. The lowest BCUT2D eigenvalue weighted by Crippen LogP contribution is -2.39. The van der Waals surface area contributed by atoms with Gasteiger partial charge in [-0.15, -0.1) is 0 Å². The van der Waals surface area contributed by atoms with Gasteiger partial charge in [0.1, 0.15) is 0 Å². The SMILES string of the molecule is Cc1cc(/C=N/NC(=O)CN(Cc2ccccc2)S(=O)(=O)c2ccc(Cl)cc2)c(C)n1-c1ccccc1Cl. The third kappa shape index (κ3) is 6.34. The molecule has 0 spiro atoms. The minimum absolute atomic E-state index is 0.0158. The number of nitrogens with one attached hydrogen (secondary N) is 1. The van der Waals surface area contributed by atoms with Crippen molar-refractivity contribution in [3.8, 4) is 5.69 Å². The molecule has 0 aliphatic carbocycles. The Hall–Kier alpha value is -3.43. The average Bonchev–Trinajstić information content (AvgIpc) is 3.17. The van der Waals surface area contributed by atoms with Crippen LogP contribution >= 0.6 is 23.2 Å². The van der Waals surface area contributed by atoms with Gasteiger partial charge in [0.05, 0.1) is 28.4 Å². The van der Waals surface area contributed by atoms with Crippen LogP contribution in [0, 0.1) is 13.8 Å². The van der Waals surface area contributed by atoms with Crippen LogP contribution in [0.25, 0.3) is 5.69 Å². The van der Waals surface area contributed by atoms with Gasteiger partial charge in [0, 0.05) is 28.5 Å². The quantitative estimate of drug-likeness (QED) is 0.206. The lowest BCUT2D eigenvalue weighted by molar-refractivity contribution is -0.121. The maximum atomic E-state index is 13.4. The number of hydrazone groups is 1. The standard InChI is InChI=1S/C28H26Cl2N4O3S/c1-20-16-23(21(2)34(20)27-11-7-6-10-26(27)30)17-31-32-28(35)19-33(18-22-8-4-3-5-9-22)38(36,37)25-14-12-24(29)13-15-25/h3-17H,18-19H2,1-2H3,(H,32,35)/b31-17+. The second-order valence-electron chi connectivity index (χ2n) is 8.62. The summed E-state index contributed by atoms with van der Waals surface area (Å²) in [6.07, 6.45) is 1.53. The molecule has 0 aliphatic rings. The molecule has 0 saturated carbocycles. The topological polar surface area (TPSA) is 83.8 Å². The van der Waals surface area contributed by atoms with Crippen molar-refractivity contribution in [3.05, 3.63) is 117 Å². The molecule has 10 heteroatoms. The number of para-hydroxylation sites is 1. The van der Waals surface area contributed by atoms with Crippen LogP contribution in [0.15, 0.2) is 94.9 Å². The highest BCUT2D eigenvalue weighted by atomic mass is 35.5. The van der Waals surface area contributed by atoms with E-state index in [9.17, 15) is 13.2 Å². The minimum atomic E-state index is -3.99. The maximum absolute atomic E-state index is 13.4. The molecule has 0 saturated heterocycles. The van der Waals surface area contributed by atoms with Crippen LogP contribution in [0.5, 0.6) is 0 Å². The normalized spacial score (nSPS) is 11.8. The molecule has 1 heterocycles. The van der Waals surface area contributed by atoms with Gasteiger partial charge in [-0.25, -0.2) is 13.8 Å². The number of nitrogens with zero attached hydrogens (tertiary/aromatic N) is 3. The van der Waals surface area contributed by atoms with E-state index in [0.717, 1.165) is 32.5 Å². The summed E-state index contributed by atoms with van der Waals surface area (Å²) in [5.74, 6) is -0.574. The van der Waals surface area contributed by atoms with E-state index in [1.807, 2.05) is 66.9 Å². The van der Waals surface area contributed by atoms with Gasteiger partial charge in [0.15, 0.2) is 0 Å². The van der Waals surface area contributed by atoms with E-state index < -0.39 is 22.5 Å². The Balaban J connectivity index is 1.52. The third-order valence-corrected chi connectivity index (χ3v) is 8.31. The van der Waals surface area contributed by atoms with Gasteiger partial charge < -0.3 is 4.57 Å². The van der Waals surface area contributed by atoms with E-state index in [1.54, 1.807) is 12.1 Å². The molecule has 0 bridgehead atoms. The Morgan fingerprint density at radius 3 is 2.32 bits per heavy atom. The molecule has 38 heavy (non-hydrogen) atoms. The van der Waals surface area contributed by atoms with Gasteiger partial charge in [0.25, 0.3) is 5.91 Å². The van der Waals surface area contributed by atoms with Crippen LogP contribution in [0.2, 0.25) is 10.0 Å². The first-order chi connectivity index (χ1) is 18.2. The number of aryl methyl sites for hydroxylation is 1. The number of hydrogen-bond acceptors (Lipinski definition) is 4. The fourth-order valence-electron chi connectivity index (χ4n) is 4.06. The number of sulfonamides is 1. The number of aromatic nitrogens is 1. The summed E-state index contributed by atoms with van der Waals surface area (Å²) in [6.45, 7) is 3.48. The largest absolute Gasteiger partial charge is 0.316 e.